The summed E-state index contributed by atoms with van der Waals surface area (Å²) < 4.78 is 43.3. The van der Waals surface area contributed by atoms with Crippen LogP contribution in [0.5, 0.6) is 11.5 Å². The molecule has 35 heavy (non-hydrogen) atoms. The van der Waals surface area contributed by atoms with E-state index in [2.05, 4.69) is 15.3 Å². The summed E-state index contributed by atoms with van der Waals surface area (Å²) in [5, 5.41) is 3.52. The van der Waals surface area contributed by atoms with E-state index in [1.807, 2.05) is 11.0 Å². The van der Waals surface area contributed by atoms with E-state index in [9.17, 15) is 9.18 Å². The average Bonchev–Trinajstić information content (AvgIpc) is 3.17. The standard InChI is InChI=1S/C24H25F2N5O3.ClH/c25-17-11-29-18-1-2-21(32)31-14-24(26,22(17)23(18)31)13-30-5-3-15(4-6-30)27-10-16-9-19-20(12-28-16)34-8-7-33-19;/h1-2,9,11-12,15,27H,3-8,10,13-14H2;1H. The van der Waals surface area contributed by atoms with Crippen molar-refractivity contribution in [1.82, 2.24) is 24.8 Å². The summed E-state index contributed by atoms with van der Waals surface area (Å²) in [5.74, 6) is 0.688. The Balaban J connectivity index is 0.00000253. The van der Waals surface area contributed by atoms with Crippen molar-refractivity contribution >= 4 is 23.4 Å². The second kappa shape index (κ2) is 9.33. The molecule has 11 heteroatoms. The van der Waals surface area contributed by atoms with Crippen LogP contribution < -0.4 is 20.3 Å². The van der Waals surface area contributed by atoms with Crippen molar-refractivity contribution in [2.24, 2.45) is 0 Å². The minimum atomic E-state index is -1.96. The number of nitrogens with zero attached hydrogens (tertiary/aromatic N) is 4. The first-order valence-electron chi connectivity index (χ1n) is 11.6. The van der Waals surface area contributed by atoms with Gasteiger partial charge in [0.05, 0.1) is 41.2 Å². The van der Waals surface area contributed by atoms with Crippen molar-refractivity contribution < 1.29 is 18.3 Å². The lowest BCUT2D eigenvalue weighted by molar-refractivity contribution is 0.0636. The number of alkyl halides is 1. The molecule has 1 N–H and O–H groups in total. The van der Waals surface area contributed by atoms with Gasteiger partial charge in [-0.2, -0.15) is 0 Å². The highest BCUT2D eigenvalue weighted by atomic mass is 35.5. The number of halogens is 3. The van der Waals surface area contributed by atoms with Gasteiger partial charge in [-0.15, -0.1) is 12.4 Å². The van der Waals surface area contributed by atoms with Gasteiger partial charge in [-0.3, -0.25) is 19.7 Å². The fourth-order valence-corrected chi connectivity index (χ4v) is 5.27. The number of hydrogen-bond acceptors (Lipinski definition) is 7. The van der Waals surface area contributed by atoms with Crippen LogP contribution in [0.15, 0.2) is 35.4 Å². The maximum absolute atomic E-state index is 16.2. The molecule has 0 saturated carbocycles. The first-order chi connectivity index (χ1) is 16.5. The zero-order chi connectivity index (χ0) is 23.3. The van der Waals surface area contributed by atoms with Crippen molar-refractivity contribution in [2.75, 3.05) is 32.8 Å². The number of pyridine rings is 3. The molecule has 1 fully saturated rings. The smallest absolute Gasteiger partial charge is 0.251 e. The lowest BCUT2D eigenvalue weighted by Crippen LogP contribution is -2.47. The molecule has 0 spiro atoms. The Morgan fingerprint density at radius 2 is 1.89 bits per heavy atom. The van der Waals surface area contributed by atoms with Crippen molar-refractivity contribution in [2.45, 2.75) is 37.6 Å². The molecule has 3 aromatic heterocycles. The van der Waals surface area contributed by atoms with Gasteiger partial charge in [0.25, 0.3) is 5.56 Å². The van der Waals surface area contributed by atoms with Crippen LogP contribution in [0.3, 0.4) is 0 Å². The number of likely N-dealkylation sites (tertiary alicyclic amines) is 1. The summed E-state index contributed by atoms with van der Waals surface area (Å²) in [5.41, 5.74) is -0.754. The predicted octanol–water partition coefficient (Wildman–Crippen LogP) is 2.56. The lowest BCUT2D eigenvalue weighted by Gasteiger charge is -2.36. The first-order valence-corrected chi connectivity index (χ1v) is 11.6. The first kappa shape index (κ1) is 23.9. The molecular formula is C24H26ClF2N5O3. The molecular weight excluding hydrogens is 480 g/mol. The van der Waals surface area contributed by atoms with Crippen LogP contribution >= 0.6 is 12.4 Å². The zero-order valence-corrected chi connectivity index (χ0v) is 19.8. The van der Waals surface area contributed by atoms with Crippen molar-refractivity contribution in [3.8, 4) is 11.5 Å². The average molecular weight is 506 g/mol. The molecule has 3 aromatic rings. The molecule has 3 aliphatic heterocycles. The van der Waals surface area contributed by atoms with Crippen LogP contribution in [-0.4, -0.2) is 58.3 Å². The van der Waals surface area contributed by atoms with Gasteiger partial charge in [-0.05, 0) is 32.0 Å². The Bertz CT molecular complexity index is 1310. The van der Waals surface area contributed by atoms with Crippen LogP contribution in [-0.2, 0) is 18.8 Å². The van der Waals surface area contributed by atoms with Crippen LogP contribution in [0.1, 0.15) is 24.1 Å². The molecule has 1 atom stereocenters. The third-order valence-corrected chi connectivity index (χ3v) is 6.93. The second-order valence-electron chi connectivity index (χ2n) is 9.19. The summed E-state index contributed by atoms with van der Waals surface area (Å²) in [6.45, 7) is 2.89. The molecule has 6 rings (SSSR count). The van der Waals surface area contributed by atoms with E-state index in [-0.39, 0.29) is 48.2 Å². The molecule has 0 amide bonds. The number of fused-ring (bicyclic) bond motifs is 1. The maximum Gasteiger partial charge on any atom is 0.251 e. The van der Waals surface area contributed by atoms with Crippen LogP contribution in [0.2, 0.25) is 0 Å². The zero-order valence-electron chi connectivity index (χ0n) is 19.0. The molecule has 1 unspecified atom stereocenters. The van der Waals surface area contributed by atoms with E-state index in [0.717, 1.165) is 30.5 Å². The monoisotopic (exact) mass is 505 g/mol. The SMILES string of the molecule is Cl.O=c1ccc2ncc(F)c3c2n1CC3(F)CN1CCC(NCc2cc3c(cn2)OCCO3)CC1. The second-order valence-corrected chi connectivity index (χ2v) is 9.19. The summed E-state index contributed by atoms with van der Waals surface area (Å²) in [7, 11) is 0. The predicted molar refractivity (Wildman–Crippen MR) is 128 cm³/mol. The number of hydrogen-bond donors (Lipinski definition) is 1. The summed E-state index contributed by atoms with van der Waals surface area (Å²) >= 11 is 0. The van der Waals surface area contributed by atoms with Gasteiger partial charge >= 0.3 is 0 Å². The van der Waals surface area contributed by atoms with Crippen LogP contribution in [0.4, 0.5) is 8.78 Å². The Hall–Kier alpha value is -2.82. The van der Waals surface area contributed by atoms with Gasteiger partial charge in [0.15, 0.2) is 17.2 Å². The largest absolute Gasteiger partial charge is 0.486 e. The Kier molecular flexibility index (Phi) is 6.37. The molecule has 0 bridgehead atoms. The van der Waals surface area contributed by atoms with Gasteiger partial charge < -0.3 is 19.4 Å². The fourth-order valence-electron chi connectivity index (χ4n) is 5.27. The number of aromatic nitrogens is 3. The van der Waals surface area contributed by atoms with E-state index in [4.69, 9.17) is 9.47 Å². The van der Waals surface area contributed by atoms with E-state index in [0.29, 0.717) is 44.1 Å². The topological polar surface area (TPSA) is 81.5 Å². The Labute approximate surface area is 206 Å². The Morgan fingerprint density at radius 1 is 1.11 bits per heavy atom. The molecule has 8 nitrogen and oxygen atoms in total. The van der Waals surface area contributed by atoms with E-state index in [1.54, 1.807) is 6.20 Å². The van der Waals surface area contributed by atoms with Crippen LogP contribution in [0.25, 0.3) is 11.0 Å². The van der Waals surface area contributed by atoms with Crippen molar-refractivity contribution in [3.05, 3.63) is 58.0 Å². The van der Waals surface area contributed by atoms with Crippen molar-refractivity contribution in [3.63, 3.8) is 0 Å². The fraction of sp³-hybridized carbons (Fsp3) is 0.458. The van der Waals surface area contributed by atoms with Crippen molar-refractivity contribution in [1.29, 1.82) is 0 Å². The van der Waals surface area contributed by atoms with Gasteiger partial charge in [0.1, 0.15) is 19.0 Å². The number of rotatable bonds is 5. The summed E-state index contributed by atoms with van der Waals surface area (Å²) in [6, 6.07) is 5.05. The molecule has 3 aliphatic rings. The quantitative estimate of drug-likeness (QED) is 0.570. The normalized spacial score (nSPS) is 21.8. The Morgan fingerprint density at radius 3 is 2.69 bits per heavy atom. The molecule has 0 aromatic carbocycles. The molecule has 0 aliphatic carbocycles. The molecule has 186 valence electrons. The summed E-state index contributed by atoms with van der Waals surface area (Å²) in [6.07, 6.45) is 4.41. The molecule has 1 saturated heterocycles. The highest BCUT2D eigenvalue weighted by molar-refractivity contribution is 5.85. The van der Waals surface area contributed by atoms with E-state index < -0.39 is 11.5 Å². The van der Waals surface area contributed by atoms with Gasteiger partial charge in [0.2, 0.25) is 0 Å². The highest BCUT2D eigenvalue weighted by Crippen LogP contribution is 2.41. The maximum atomic E-state index is 16.2. The number of nitrogens with one attached hydrogen (secondary N) is 1. The molecule has 0 radical (unpaired) electrons. The summed E-state index contributed by atoms with van der Waals surface area (Å²) in [4.78, 5) is 22.8. The van der Waals surface area contributed by atoms with E-state index >= 15 is 4.39 Å². The van der Waals surface area contributed by atoms with Gasteiger partial charge in [-0.1, -0.05) is 0 Å². The van der Waals surface area contributed by atoms with Gasteiger partial charge in [-0.25, -0.2) is 8.78 Å². The highest BCUT2D eigenvalue weighted by Gasteiger charge is 2.45. The van der Waals surface area contributed by atoms with Crippen LogP contribution in [0, 0.1) is 5.82 Å². The lowest BCUT2D eigenvalue weighted by atomic mass is 9.95. The molecule has 6 heterocycles. The third-order valence-electron chi connectivity index (χ3n) is 6.93. The minimum Gasteiger partial charge on any atom is -0.486 e. The minimum absolute atomic E-state index is 0. The third kappa shape index (κ3) is 4.34. The van der Waals surface area contributed by atoms with E-state index in [1.165, 1.54) is 16.7 Å². The van der Waals surface area contributed by atoms with Gasteiger partial charge in [0, 0.05) is 31.3 Å². The number of piperidine rings is 1. The number of ether oxygens (including phenoxy) is 2.